The van der Waals surface area contributed by atoms with E-state index in [1.807, 2.05) is 6.20 Å². The second-order valence-electron chi connectivity index (χ2n) is 5.04. The lowest BCUT2D eigenvalue weighted by molar-refractivity contribution is 0.386. The van der Waals surface area contributed by atoms with Crippen LogP contribution < -0.4 is 10.6 Å². The van der Waals surface area contributed by atoms with Crippen molar-refractivity contribution >= 4 is 32.5 Å². The van der Waals surface area contributed by atoms with Crippen LogP contribution in [-0.2, 0) is 0 Å². The maximum atomic E-state index is 5.78. The van der Waals surface area contributed by atoms with Gasteiger partial charge in [0.1, 0.15) is 5.82 Å². The molecule has 0 spiro atoms. The van der Waals surface area contributed by atoms with E-state index in [1.54, 1.807) is 0 Å². The maximum absolute atomic E-state index is 5.78. The number of benzene rings is 1. The second-order valence-corrected chi connectivity index (χ2v) is 5.89. The molecule has 4 heteroatoms. The summed E-state index contributed by atoms with van der Waals surface area (Å²) in [4.78, 5) is 7.01. The van der Waals surface area contributed by atoms with Crippen molar-refractivity contribution in [2.75, 3.05) is 18.0 Å². The van der Waals surface area contributed by atoms with Crippen molar-refractivity contribution in [1.82, 2.24) is 4.98 Å². The molecule has 1 heterocycles. The van der Waals surface area contributed by atoms with E-state index >= 15 is 0 Å². The Morgan fingerprint density at radius 2 is 2.11 bits per heavy atom. The first-order valence-corrected chi connectivity index (χ1v) is 7.60. The van der Waals surface area contributed by atoms with Crippen LogP contribution >= 0.6 is 15.9 Å². The number of rotatable bonds is 4. The number of nitrogens with two attached hydrogens (primary N) is 1. The first kappa shape index (κ1) is 12.9. The summed E-state index contributed by atoms with van der Waals surface area (Å²) in [6, 6.07) is 8.96. The third-order valence-electron chi connectivity index (χ3n) is 3.89. The molecule has 100 valence electrons. The van der Waals surface area contributed by atoms with Crippen LogP contribution in [0.15, 0.2) is 34.9 Å². The molecule has 1 fully saturated rings. The zero-order valence-corrected chi connectivity index (χ0v) is 12.4. The highest BCUT2D eigenvalue weighted by Gasteiger charge is 2.26. The minimum absolute atomic E-state index is 0.612. The molecule has 1 aromatic heterocycles. The molecule has 1 aliphatic carbocycles. The summed E-state index contributed by atoms with van der Waals surface area (Å²) >= 11 is 3.62. The van der Waals surface area contributed by atoms with Crippen LogP contribution in [0.2, 0.25) is 0 Å². The molecule has 2 N–H and O–H groups in total. The predicted molar refractivity (Wildman–Crippen MR) is 83.5 cm³/mol. The molecule has 1 saturated carbocycles. The Bertz CT molecular complexity index is 581. The Kier molecular flexibility index (Phi) is 3.71. The van der Waals surface area contributed by atoms with Crippen molar-refractivity contribution in [3.05, 3.63) is 34.9 Å². The lowest BCUT2D eigenvalue weighted by atomic mass is 9.91. The number of pyridine rings is 1. The Morgan fingerprint density at radius 3 is 2.79 bits per heavy atom. The van der Waals surface area contributed by atoms with Gasteiger partial charge < -0.3 is 10.6 Å². The zero-order valence-electron chi connectivity index (χ0n) is 10.8. The van der Waals surface area contributed by atoms with Crippen LogP contribution in [0.5, 0.6) is 0 Å². The van der Waals surface area contributed by atoms with E-state index in [4.69, 9.17) is 5.73 Å². The molecule has 19 heavy (non-hydrogen) atoms. The van der Waals surface area contributed by atoms with E-state index in [1.165, 1.54) is 30.0 Å². The van der Waals surface area contributed by atoms with Gasteiger partial charge in [0, 0.05) is 40.6 Å². The van der Waals surface area contributed by atoms with Crippen LogP contribution in [0.3, 0.4) is 0 Å². The number of nitrogens with zero attached hydrogens (tertiary/aromatic N) is 2. The number of halogens is 1. The third kappa shape index (κ3) is 2.35. The van der Waals surface area contributed by atoms with Crippen molar-refractivity contribution in [3.63, 3.8) is 0 Å². The summed E-state index contributed by atoms with van der Waals surface area (Å²) in [5.41, 5.74) is 5.78. The summed E-state index contributed by atoms with van der Waals surface area (Å²) in [5.74, 6) is 1.08. The SMILES string of the molecule is NCCN(c1nccc2c(Br)cccc12)C1CCC1. The number of fused-ring (bicyclic) bond motifs is 1. The monoisotopic (exact) mass is 319 g/mol. The van der Waals surface area contributed by atoms with Gasteiger partial charge in [-0.3, -0.25) is 0 Å². The van der Waals surface area contributed by atoms with Gasteiger partial charge in [0.2, 0.25) is 0 Å². The van der Waals surface area contributed by atoms with Gasteiger partial charge >= 0.3 is 0 Å². The van der Waals surface area contributed by atoms with Gasteiger partial charge in [-0.15, -0.1) is 0 Å². The molecular formula is C15H18BrN3. The summed E-state index contributed by atoms with van der Waals surface area (Å²) in [5, 5.41) is 2.42. The average molecular weight is 320 g/mol. The summed E-state index contributed by atoms with van der Waals surface area (Å²) < 4.78 is 1.12. The zero-order chi connectivity index (χ0) is 13.2. The first-order valence-electron chi connectivity index (χ1n) is 6.81. The Morgan fingerprint density at radius 1 is 1.26 bits per heavy atom. The third-order valence-corrected chi connectivity index (χ3v) is 4.58. The van der Waals surface area contributed by atoms with Gasteiger partial charge in [0.25, 0.3) is 0 Å². The van der Waals surface area contributed by atoms with E-state index in [9.17, 15) is 0 Å². The van der Waals surface area contributed by atoms with Gasteiger partial charge in [-0.2, -0.15) is 0 Å². The number of anilines is 1. The number of hydrogen-bond acceptors (Lipinski definition) is 3. The first-order chi connectivity index (χ1) is 9.31. The van der Waals surface area contributed by atoms with Crippen molar-refractivity contribution in [1.29, 1.82) is 0 Å². The molecule has 0 radical (unpaired) electrons. The summed E-state index contributed by atoms with van der Waals surface area (Å²) in [7, 11) is 0. The highest BCUT2D eigenvalue weighted by atomic mass is 79.9. The van der Waals surface area contributed by atoms with Crippen LogP contribution in [0.25, 0.3) is 10.8 Å². The van der Waals surface area contributed by atoms with Crippen LogP contribution in [0.1, 0.15) is 19.3 Å². The van der Waals surface area contributed by atoms with Gasteiger partial charge in [0.15, 0.2) is 0 Å². The standard InChI is InChI=1S/C15H18BrN3/c16-14-6-2-5-13-12(14)7-9-18-15(13)19(10-8-17)11-3-1-4-11/h2,5-7,9,11H,1,3-4,8,10,17H2. The van der Waals surface area contributed by atoms with E-state index in [-0.39, 0.29) is 0 Å². The van der Waals surface area contributed by atoms with Crippen molar-refractivity contribution < 1.29 is 0 Å². The van der Waals surface area contributed by atoms with E-state index in [2.05, 4.69) is 50.1 Å². The topological polar surface area (TPSA) is 42.1 Å². The lowest BCUT2D eigenvalue weighted by Gasteiger charge is -2.38. The molecule has 2 aromatic rings. The molecule has 0 atom stereocenters. The highest BCUT2D eigenvalue weighted by molar-refractivity contribution is 9.10. The fourth-order valence-corrected chi connectivity index (χ4v) is 3.18. The van der Waals surface area contributed by atoms with Crippen molar-refractivity contribution in [2.24, 2.45) is 5.73 Å². The number of aromatic nitrogens is 1. The summed E-state index contributed by atoms with van der Waals surface area (Å²) in [6.45, 7) is 1.55. The Hall–Kier alpha value is -1.13. The molecule has 0 amide bonds. The molecule has 0 unspecified atom stereocenters. The van der Waals surface area contributed by atoms with E-state index < -0.39 is 0 Å². The smallest absolute Gasteiger partial charge is 0.136 e. The van der Waals surface area contributed by atoms with Gasteiger partial charge in [-0.1, -0.05) is 28.1 Å². The Balaban J connectivity index is 2.09. The molecule has 1 aliphatic rings. The second kappa shape index (κ2) is 5.47. The largest absolute Gasteiger partial charge is 0.352 e. The minimum Gasteiger partial charge on any atom is -0.352 e. The average Bonchev–Trinajstić information content (AvgIpc) is 2.36. The van der Waals surface area contributed by atoms with E-state index in [0.717, 1.165) is 16.8 Å². The van der Waals surface area contributed by atoms with Crippen molar-refractivity contribution in [3.8, 4) is 0 Å². The van der Waals surface area contributed by atoms with Gasteiger partial charge in [-0.05, 0) is 31.4 Å². The highest BCUT2D eigenvalue weighted by Crippen LogP contribution is 2.34. The molecule has 0 saturated heterocycles. The van der Waals surface area contributed by atoms with Crippen LogP contribution in [0, 0.1) is 0 Å². The van der Waals surface area contributed by atoms with E-state index in [0.29, 0.717) is 12.6 Å². The van der Waals surface area contributed by atoms with Gasteiger partial charge in [0.05, 0.1) is 0 Å². The van der Waals surface area contributed by atoms with Crippen LogP contribution in [-0.4, -0.2) is 24.1 Å². The predicted octanol–water partition coefficient (Wildman–Crippen LogP) is 3.31. The molecular weight excluding hydrogens is 302 g/mol. The maximum Gasteiger partial charge on any atom is 0.136 e. The fourth-order valence-electron chi connectivity index (χ4n) is 2.68. The quantitative estimate of drug-likeness (QED) is 0.940. The van der Waals surface area contributed by atoms with Crippen molar-refractivity contribution in [2.45, 2.75) is 25.3 Å². The normalized spacial score (nSPS) is 15.5. The lowest BCUT2D eigenvalue weighted by Crippen LogP contribution is -2.43. The van der Waals surface area contributed by atoms with Crippen LogP contribution in [0.4, 0.5) is 5.82 Å². The minimum atomic E-state index is 0.612. The molecule has 0 aliphatic heterocycles. The molecule has 0 bridgehead atoms. The van der Waals surface area contributed by atoms with Gasteiger partial charge in [-0.25, -0.2) is 4.98 Å². The number of hydrogen-bond donors (Lipinski definition) is 1. The molecule has 3 nitrogen and oxygen atoms in total. The summed E-state index contributed by atoms with van der Waals surface area (Å²) in [6.07, 6.45) is 5.73. The fraction of sp³-hybridized carbons (Fsp3) is 0.400. The molecule has 3 rings (SSSR count). The molecule has 1 aromatic carbocycles. The Labute approximate surface area is 121 Å².